The molecule has 0 atom stereocenters. The Labute approximate surface area is 205 Å². The van der Waals surface area contributed by atoms with Crippen molar-refractivity contribution in [2.75, 3.05) is 24.4 Å². The van der Waals surface area contributed by atoms with Gasteiger partial charge in [0.25, 0.3) is 11.8 Å². The van der Waals surface area contributed by atoms with E-state index in [1.54, 1.807) is 37.4 Å². The van der Waals surface area contributed by atoms with Gasteiger partial charge in [0, 0.05) is 16.0 Å². The maximum absolute atomic E-state index is 13.5. The number of rotatable bonds is 7. The largest absolute Gasteiger partial charge is 0.497 e. The summed E-state index contributed by atoms with van der Waals surface area (Å²) in [5.41, 5.74) is 0.869. The van der Waals surface area contributed by atoms with Gasteiger partial charge in [0.15, 0.2) is 0 Å². The normalized spacial score (nSPS) is 13.5. The molecule has 1 aliphatic rings. The van der Waals surface area contributed by atoms with E-state index in [1.807, 2.05) is 30.3 Å². The van der Waals surface area contributed by atoms with Crippen molar-refractivity contribution in [2.24, 2.45) is 0 Å². The van der Waals surface area contributed by atoms with Crippen molar-refractivity contribution in [3.63, 3.8) is 0 Å². The molecular weight excluding hydrogens is 483 g/mol. The van der Waals surface area contributed by atoms with Crippen molar-refractivity contribution in [3.05, 3.63) is 87.4 Å². The first-order valence-electron chi connectivity index (χ1n) is 9.73. The molecule has 33 heavy (non-hydrogen) atoms. The number of halogens is 2. The van der Waals surface area contributed by atoms with Gasteiger partial charge in [-0.2, -0.15) is 0 Å². The standard InChI is InChI=1S/C24H18Cl2N2O4S/c1-31-15-9-10-18(20(13-15)32-2)27-21-22(33-16-6-4-3-5-7-16)24(30)28(23(21)29)19-11-8-14(25)12-17(19)26/h3-13,27H,1-2H3. The van der Waals surface area contributed by atoms with Gasteiger partial charge in [0.1, 0.15) is 22.1 Å². The number of anilines is 2. The number of thioether (sulfide) groups is 1. The number of benzene rings is 3. The number of carbonyl (C=O) groups is 2. The van der Waals surface area contributed by atoms with E-state index in [1.165, 1.54) is 24.9 Å². The Kier molecular flexibility index (Phi) is 6.83. The van der Waals surface area contributed by atoms with E-state index in [4.69, 9.17) is 32.7 Å². The minimum absolute atomic E-state index is 0.114. The van der Waals surface area contributed by atoms with Gasteiger partial charge in [-0.15, -0.1) is 0 Å². The lowest BCUT2D eigenvalue weighted by atomic mass is 10.2. The Morgan fingerprint density at radius 2 is 1.64 bits per heavy atom. The summed E-state index contributed by atoms with van der Waals surface area (Å²) in [5, 5.41) is 3.68. The molecule has 1 heterocycles. The highest BCUT2D eigenvalue weighted by molar-refractivity contribution is 8.04. The van der Waals surface area contributed by atoms with Crippen molar-refractivity contribution < 1.29 is 19.1 Å². The zero-order chi connectivity index (χ0) is 23.5. The number of nitrogens with one attached hydrogen (secondary N) is 1. The van der Waals surface area contributed by atoms with Crippen LogP contribution in [0.15, 0.2) is 82.2 Å². The number of amides is 2. The van der Waals surface area contributed by atoms with Crippen LogP contribution in [0, 0.1) is 0 Å². The molecule has 6 nitrogen and oxygen atoms in total. The predicted octanol–water partition coefficient (Wildman–Crippen LogP) is 6.00. The summed E-state index contributed by atoms with van der Waals surface area (Å²) in [6.45, 7) is 0. The zero-order valence-electron chi connectivity index (χ0n) is 17.6. The van der Waals surface area contributed by atoms with Gasteiger partial charge in [0.2, 0.25) is 0 Å². The first kappa shape index (κ1) is 23.0. The van der Waals surface area contributed by atoms with Gasteiger partial charge < -0.3 is 14.8 Å². The number of nitrogens with zero attached hydrogens (tertiary/aromatic N) is 1. The monoisotopic (exact) mass is 500 g/mol. The second-order valence-corrected chi connectivity index (χ2v) is 8.78. The van der Waals surface area contributed by atoms with Gasteiger partial charge >= 0.3 is 0 Å². The lowest BCUT2D eigenvalue weighted by Crippen LogP contribution is -2.32. The van der Waals surface area contributed by atoms with Crippen molar-refractivity contribution in [3.8, 4) is 11.5 Å². The summed E-state index contributed by atoms with van der Waals surface area (Å²) in [4.78, 5) is 29.0. The molecule has 0 saturated heterocycles. The van der Waals surface area contributed by atoms with Crippen molar-refractivity contribution >= 4 is 58.2 Å². The van der Waals surface area contributed by atoms with Crippen molar-refractivity contribution in [2.45, 2.75) is 4.90 Å². The number of hydrogen-bond donors (Lipinski definition) is 1. The highest BCUT2D eigenvalue weighted by Crippen LogP contribution is 2.41. The number of imide groups is 1. The molecule has 1 N–H and O–H groups in total. The van der Waals surface area contributed by atoms with Crippen molar-refractivity contribution in [1.29, 1.82) is 0 Å². The fourth-order valence-corrected chi connectivity index (χ4v) is 4.68. The third-order valence-corrected chi connectivity index (χ3v) is 6.45. The molecule has 0 bridgehead atoms. The predicted molar refractivity (Wildman–Crippen MR) is 131 cm³/mol. The molecule has 0 radical (unpaired) electrons. The number of hydrogen-bond acceptors (Lipinski definition) is 6. The second kappa shape index (κ2) is 9.79. The fourth-order valence-electron chi connectivity index (χ4n) is 3.24. The van der Waals surface area contributed by atoms with Crippen LogP contribution in [0.1, 0.15) is 0 Å². The molecule has 2 amide bonds. The molecule has 3 aromatic carbocycles. The molecular formula is C24H18Cl2N2O4S. The van der Waals surface area contributed by atoms with Crippen LogP contribution in [-0.2, 0) is 9.59 Å². The third-order valence-electron chi connectivity index (χ3n) is 4.82. The Morgan fingerprint density at radius 1 is 0.879 bits per heavy atom. The SMILES string of the molecule is COc1ccc(NC2=C(Sc3ccccc3)C(=O)N(c3ccc(Cl)cc3Cl)C2=O)c(OC)c1. The van der Waals surface area contributed by atoms with E-state index in [2.05, 4.69) is 5.32 Å². The van der Waals surface area contributed by atoms with Crippen LogP contribution in [0.25, 0.3) is 0 Å². The summed E-state index contributed by atoms with van der Waals surface area (Å²) in [7, 11) is 3.06. The maximum Gasteiger partial charge on any atom is 0.283 e. The number of ether oxygens (including phenoxy) is 2. The van der Waals surface area contributed by atoms with Crippen LogP contribution < -0.4 is 19.7 Å². The number of carbonyl (C=O) groups excluding carboxylic acids is 2. The maximum atomic E-state index is 13.5. The summed E-state index contributed by atoms with van der Waals surface area (Å²) in [6, 6.07) is 19.0. The summed E-state index contributed by atoms with van der Waals surface area (Å²) in [5.74, 6) is 0.0105. The second-order valence-electron chi connectivity index (χ2n) is 6.85. The van der Waals surface area contributed by atoms with Crippen LogP contribution >= 0.6 is 35.0 Å². The lowest BCUT2D eigenvalue weighted by Gasteiger charge is -2.17. The molecule has 0 saturated carbocycles. The van der Waals surface area contributed by atoms with Crippen LogP contribution in [-0.4, -0.2) is 26.0 Å². The molecule has 168 valence electrons. The average Bonchev–Trinajstić information content (AvgIpc) is 3.04. The van der Waals surface area contributed by atoms with E-state index in [-0.39, 0.29) is 21.3 Å². The van der Waals surface area contributed by atoms with Crippen LogP contribution in [0.5, 0.6) is 11.5 Å². The van der Waals surface area contributed by atoms with Crippen LogP contribution in [0.2, 0.25) is 10.0 Å². The van der Waals surface area contributed by atoms with E-state index in [9.17, 15) is 9.59 Å². The van der Waals surface area contributed by atoms with Gasteiger partial charge in [-0.3, -0.25) is 9.59 Å². The Morgan fingerprint density at radius 3 is 2.30 bits per heavy atom. The van der Waals surface area contributed by atoms with E-state index < -0.39 is 11.8 Å². The lowest BCUT2D eigenvalue weighted by molar-refractivity contribution is -0.120. The molecule has 3 aromatic rings. The van der Waals surface area contributed by atoms with E-state index in [0.717, 1.165) is 9.80 Å². The Bertz CT molecular complexity index is 1260. The molecule has 0 fully saturated rings. The molecule has 1 aliphatic heterocycles. The molecule has 9 heteroatoms. The average molecular weight is 501 g/mol. The molecule has 0 aliphatic carbocycles. The van der Waals surface area contributed by atoms with Crippen LogP contribution in [0.4, 0.5) is 11.4 Å². The summed E-state index contributed by atoms with van der Waals surface area (Å²) in [6.07, 6.45) is 0. The van der Waals surface area contributed by atoms with Crippen molar-refractivity contribution in [1.82, 2.24) is 0 Å². The van der Waals surface area contributed by atoms with Gasteiger partial charge in [0.05, 0.1) is 30.6 Å². The fraction of sp³-hybridized carbons (Fsp3) is 0.0833. The molecule has 0 unspecified atom stereocenters. The highest BCUT2D eigenvalue weighted by Gasteiger charge is 2.41. The third kappa shape index (κ3) is 4.66. The molecule has 0 spiro atoms. The van der Waals surface area contributed by atoms with Gasteiger partial charge in [-0.1, -0.05) is 53.2 Å². The first-order chi connectivity index (χ1) is 15.9. The van der Waals surface area contributed by atoms with E-state index in [0.29, 0.717) is 22.2 Å². The van der Waals surface area contributed by atoms with E-state index >= 15 is 0 Å². The topological polar surface area (TPSA) is 67.9 Å². The van der Waals surface area contributed by atoms with Gasteiger partial charge in [-0.05, 0) is 42.5 Å². The molecule has 0 aromatic heterocycles. The first-order valence-corrected chi connectivity index (χ1v) is 11.3. The smallest absolute Gasteiger partial charge is 0.283 e. The molecule has 4 rings (SSSR count). The Hall–Kier alpha value is -3.13. The quantitative estimate of drug-likeness (QED) is 0.401. The summed E-state index contributed by atoms with van der Waals surface area (Å²) >= 11 is 13.5. The highest BCUT2D eigenvalue weighted by atomic mass is 35.5. The Balaban J connectivity index is 1.78. The minimum atomic E-state index is -0.541. The van der Waals surface area contributed by atoms with Crippen LogP contribution in [0.3, 0.4) is 0 Å². The zero-order valence-corrected chi connectivity index (χ0v) is 19.9. The minimum Gasteiger partial charge on any atom is -0.497 e. The van der Waals surface area contributed by atoms with Gasteiger partial charge in [-0.25, -0.2) is 4.90 Å². The number of methoxy groups -OCH3 is 2. The summed E-state index contributed by atoms with van der Waals surface area (Å²) < 4.78 is 10.7.